The first kappa shape index (κ1) is 66.8. The number of carbonyl (C=O) groups is 12. The summed E-state index contributed by atoms with van der Waals surface area (Å²) in [4.78, 5) is 156. The molecule has 1 aliphatic heterocycles. The number of rotatable bonds is 34. The zero-order valence-corrected chi connectivity index (χ0v) is 46.9. The molecule has 26 heteroatoms. The zero-order valence-electron chi connectivity index (χ0n) is 46.9. The molecule has 2 aromatic carbocycles. The van der Waals surface area contributed by atoms with E-state index >= 15 is 4.39 Å². The number of amides is 9. The van der Waals surface area contributed by atoms with E-state index in [1.54, 1.807) is 55.8 Å². The smallest absolute Gasteiger partial charge is 0.326 e. The first-order chi connectivity index (χ1) is 39.1. The normalized spacial score (nSPS) is 14.3. The van der Waals surface area contributed by atoms with Gasteiger partial charge in [0.25, 0.3) is 11.8 Å². The van der Waals surface area contributed by atoms with Gasteiger partial charge in [-0.05, 0) is 67.9 Å². The molecule has 3 aromatic rings. The minimum absolute atomic E-state index is 0.0203. The number of Topliss-reactive ketones (excluding diaryl/α,β-unsaturated/α-hetero) is 1. The Morgan fingerprint density at radius 2 is 1.37 bits per heavy atom. The molecule has 83 heavy (non-hydrogen) atoms. The van der Waals surface area contributed by atoms with Gasteiger partial charge in [0.2, 0.25) is 41.4 Å². The number of aliphatic carboxylic acids is 2. The lowest BCUT2D eigenvalue weighted by Crippen LogP contribution is -2.56. The number of imide groups is 1. The van der Waals surface area contributed by atoms with Crippen molar-refractivity contribution in [1.29, 1.82) is 0 Å². The lowest BCUT2D eigenvalue weighted by molar-refractivity contribution is -0.143. The maximum atomic E-state index is 15.4. The Morgan fingerprint density at radius 1 is 0.723 bits per heavy atom. The number of nitrogens with one attached hydrogen (secondary N) is 5. The van der Waals surface area contributed by atoms with Gasteiger partial charge in [0.15, 0.2) is 5.78 Å². The van der Waals surface area contributed by atoms with Crippen LogP contribution in [0.15, 0.2) is 72.9 Å². The first-order valence-electron chi connectivity index (χ1n) is 27.0. The molecule has 450 valence electrons. The second-order valence-electron chi connectivity index (χ2n) is 21.3. The molecule has 0 fully saturated rings. The summed E-state index contributed by atoms with van der Waals surface area (Å²) in [5.41, 5.74) is 5.87. The number of benzene rings is 2. The Balaban J connectivity index is 1.59. The van der Waals surface area contributed by atoms with Gasteiger partial charge in [-0.25, -0.2) is 13.6 Å². The third kappa shape index (κ3) is 21.0. The Kier molecular flexibility index (Phi) is 25.4. The molecular formula is C57H73F2N9O15. The van der Waals surface area contributed by atoms with Crippen LogP contribution < -0.4 is 32.3 Å². The minimum Gasteiger partial charge on any atom is -0.481 e. The maximum Gasteiger partial charge on any atom is 0.326 e. The van der Waals surface area contributed by atoms with Crippen molar-refractivity contribution >= 4 is 70.9 Å². The molecule has 1 aliphatic rings. The molecular weight excluding hydrogens is 1090 g/mol. The molecule has 0 bridgehead atoms. The van der Waals surface area contributed by atoms with Crippen LogP contribution in [0, 0.1) is 23.0 Å². The number of carbonyl (C=O) groups excluding carboxylic acids is 10. The number of ketones is 1. The second kappa shape index (κ2) is 31.5. The maximum absolute atomic E-state index is 15.4. The van der Waals surface area contributed by atoms with Gasteiger partial charge in [-0.1, -0.05) is 64.4 Å². The van der Waals surface area contributed by atoms with Crippen LogP contribution in [0.1, 0.15) is 116 Å². The Hall–Kier alpha value is -8.68. The number of hydrogen-bond donors (Lipinski definition) is 9. The minimum atomic E-state index is -1.78. The Labute approximate surface area is 477 Å². The van der Waals surface area contributed by atoms with Gasteiger partial charge in [-0.3, -0.25) is 57.6 Å². The van der Waals surface area contributed by atoms with E-state index in [2.05, 4.69) is 26.6 Å². The summed E-state index contributed by atoms with van der Waals surface area (Å²) in [6, 6.07) is 6.39. The number of carboxylic acids is 2. The van der Waals surface area contributed by atoms with Crippen LogP contribution in [0.25, 0.3) is 11.1 Å². The number of nitrogens with zero attached hydrogens (tertiary/aromatic N) is 3. The number of aliphatic hydroxyl groups excluding tert-OH is 1. The fourth-order valence-corrected chi connectivity index (χ4v) is 9.20. The first-order valence-corrected chi connectivity index (χ1v) is 27.0. The van der Waals surface area contributed by atoms with Gasteiger partial charge in [0, 0.05) is 92.9 Å². The molecule has 4 rings (SSSR count). The topological polar surface area (TPSA) is 363 Å². The van der Waals surface area contributed by atoms with Crippen LogP contribution in [0.5, 0.6) is 0 Å². The van der Waals surface area contributed by atoms with E-state index in [1.165, 1.54) is 30.9 Å². The van der Waals surface area contributed by atoms with E-state index < -0.39 is 182 Å². The number of carboxylic acid groups (broad SMARTS) is 2. The number of aliphatic hydroxyl groups is 1. The van der Waals surface area contributed by atoms with E-state index in [-0.39, 0.29) is 30.6 Å². The summed E-state index contributed by atoms with van der Waals surface area (Å²) in [7, 11) is 0. The predicted molar refractivity (Wildman–Crippen MR) is 293 cm³/mol. The molecule has 24 nitrogen and oxygen atoms in total. The van der Waals surface area contributed by atoms with E-state index in [9.17, 15) is 72.1 Å². The Bertz CT molecular complexity index is 2890. The van der Waals surface area contributed by atoms with Gasteiger partial charge >= 0.3 is 11.9 Å². The van der Waals surface area contributed by atoms with E-state index in [1.807, 2.05) is 12.1 Å². The Morgan fingerprint density at radius 3 is 1.99 bits per heavy atom. The van der Waals surface area contributed by atoms with Gasteiger partial charge < -0.3 is 57.1 Å². The van der Waals surface area contributed by atoms with Gasteiger partial charge in [0.05, 0.1) is 18.5 Å². The lowest BCUT2D eigenvalue weighted by atomic mass is 9.82. The molecule has 0 spiro atoms. The van der Waals surface area contributed by atoms with Gasteiger partial charge in [0.1, 0.15) is 36.4 Å². The average Bonchev–Trinajstić information content (AvgIpc) is 2.72. The van der Waals surface area contributed by atoms with Crippen molar-refractivity contribution in [2.75, 3.05) is 26.2 Å². The standard InChI is InChI=1S/C57H73F2N9O15/c1-33(26-44(70)34(2)62-46(72)14-10-7-11-24-67-48(74)18-19-49(67)75)53(79)65-42(29-45(60)71)55(81)64-40(54(80)61-23-21-47(73)63-41(56(82)83)17-20-51(77)78)22-25-68(50(76)32-69)52(57(3,4)5)43-27-36(38-28-37(58)15-16-39(38)59)31-66(43)30-35-12-8-6-9-13-35/h6,8-9,12-13,15-16,18-19,27-28,31,33-34,40-42,52,69H,7,10-11,14,17,20-26,29-30,32H2,1-5H3,(H2,60,71)(H,61,80)(H,62,72)(H,63,73)(H,64,81)(H,65,79)(H,77,78)(H,82,83)/t33-,34-,40-,41+,42-,52-/m0/s1. The number of hydrogen-bond acceptors (Lipinski definition) is 13. The summed E-state index contributed by atoms with van der Waals surface area (Å²) in [5, 5.41) is 41.1. The average molecular weight is 1160 g/mol. The van der Waals surface area contributed by atoms with Gasteiger partial charge in [-0.2, -0.15) is 0 Å². The van der Waals surface area contributed by atoms with Crippen molar-refractivity contribution in [3.63, 3.8) is 0 Å². The number of primary amides is 1. The van der Waals surface area contributed by atoms with Crippen LogP contribution in [-0.2, 0) is 64.1 Å². The fraction of sp³-hybridized carbons (Fsp3) is 0.474. The third-order valence-electron chi connectivity index (χ3n) is 13.5. The quantitative estimate of drug-likeness (QED) is 0.0306. The van der Waals surface area contributed by atoms with E-state index in [0.717, 1.165) is 28.7 Å². The van der Waals surface area contributed by atoms with Crippen molar-refractivity contribution in [2.24, 2.45) is 17.1 Å². The third-order valence-corrected chi connectivity index (χ3v) is 13.5. The number of aromatic nitrogens is 1. The summed E-state index contributed by atoms with van der Waals surface area (Å²) >= 11 is 0. The summed E-state index contributed by atoms with van der Waals surface area (Å²) in [6.45, 7) is 6.40. The number of unbranched alkanes of at least 4 members (excludes halogenated alkanes) is 2. The van der Waals surface area contributed by atoms with E-state index in [0.29, 0.717) is 25.0 Å². The van der Waals surface area contributed by atoms with Crippen molar-refractivity contribution in [3.8, 4) is 11.1 Å². The molecule has 0 unspecified atom stereocenters. The van der Waals surface area contributed by atoms with Crippen molar-refractivity contribution in [3.05, 3.63) is 95.8 Å². The predicted octanol–water partition coefficient (Wildman–Crippen LogP) is 2.15. The highest BCUT2D eigenvalue weighted by atomic mass is 19.1. The molecule has 0 aliphatic carbocycles. The number of nitrogens with two attached hydrogens (primary N) is 1. The molecule has 0 saturated heterocycles. The highest BCUT2D eigenvalue weighted by molar-refractivity contribution is 6.12. The number of halogens is 2. The highest BCUT2D eigenvalue weighted by Crippen LogP contribution is 2.41. The summed E-state index contributed by atoms with van der Waals surface area (Å²) < 4.78 is 31.8. The van der Waals surface area contributed by atoms with Gasteiger partial charge in [-0.15, -0.1) is 0 Å². The fourth-order valence-electron chi connectivity index (χ4n) is 9.20. The molecule has 1 aromatic heterocycles. The zero-order chi connectivity index (χ0) is 61.7. The molecule has 6 atom stereocenters. The van der Waals surface area contributed by atoms with E-state index in [4.69, 9.17) is 10.8 Å². The van der Waals surface area contributed by atoms with Crippen molar-refractivity contribution < 1.29 is 81.6 Å². The molecule has 10 N–H and O–H groups in total. The SMILES string of the molecule is C[C@H](NC(=O)CCCCCN1C(=O)C=CC1=O)C(=O)C[C@H](C)C(=O)N[C@@H](CC(N)=O)C(=O)N[C@@H](CCN(C(=O)CO)[C@@H](c1cc(-c2cc(F)ccc2F)cn1Cc1ccccc1)C(C)(C)C)C(=O)NCCC(=O)N[C@H](CCC(=O)O)C(=O)O. The van der Waals surface area contributed by atoms with Crippen molar-refractivity contribution in [1.82, 2.24) is 41.0 Å². The van der Waals surface area contributed by atoms with Crippen LogP contribution in [0.2, 0.25) is 0 Å². The lowest BCUT2D eigenvalue weighted by Gasteiger charge is -2.41. The summed E-state index contributed by atoms with van der Waals surface area (Å²) in [6.07, 6.45) is 1.92. The van der Waals surface area contributed by atoms with Crippen LogP contribution >= 0.6 is 0 Å². The summed E-state index contributed by atoms with van der Waals surface area (Å²) in [5.74, 6) is -13.3. The highest BCUT2D eigenvalue weighted by Gasteiger charge is 2.39. The molecule has 2 heterocycles. The van der Waals surface area contributed by atoms with Crippen LogP contribution in [0.4, 0.5) is 8.78 Å². The van der Waals surface area contributed by atoms with Crippen molar-refractivity contribution in [2.45, 2.75) is 136 Å². The largest absolute Gasteiger partial charge is 0.481 e. The molecule has 0 radical (unpaired) electrons. The monoisotopic (exact) mass is 1160 g/mol. The molecule has 9 amide bonds. The van der Waals surface area contributed by atoms with Crippen LogP contribution in [-0.4, -0.2) is 151 Å². The second-order valence-corrected chi connectivity index (χ2v) is 21.3. The molecule has 0 saturated carbocycles. The van der Waals surface area contributed by atoms with Crippen LogP contribution in [0.3, 0.4) is 0 Å².